The van der Waals surface area contributed by atoms with Gasteiger partial charge in [0, 0.05) is 23.9 Å². The number of hydrogen-bond acceptors (Lipinski definition) is 6. The smallest absolute Gasteiger partial charge is 0.124 e. The number of pyridine rings is 1. The number of nitrogens with zero attached hydrogens (tertiary/aromatic N) is 1. The zero-order chi connectivity index (χ0) is 26.9. The minimum atomic E-state index is 0.503. The minimum Gasteiger partial charge on any atom is -0.497 e. The highest BCUT2D eigenvalue weighted by Gasteiger charge is 2.10. The van der Waals surface area contributed by atoms with Gasteiger partial charge >= 0.3 is 0 Å². The summed E-state index contributed by atoms with van der Waals surface area (Å²) in [5.41, 5.74) is 17.9. The Kier molecular flexibility index (Phi) is 8.80. The van der Waals surface area contributed by atoms with Crippen LogP contribution in [0.15, 0.2) is 97.1 Å². The lowest BCUT2D eigenvalue weighted by Crippen LogP contribution is -1.98. The molecule has 0 fully saturated rings. The third-order valence-electron chi connectivity index (χ3n) is 6.27. The fourth-order valence-corrected chi connectivity index (χ4v) is 4.37. The number of nitrogen functional groups attached to an aromatic ring is 1. The van der Waals surface area contributed by atoms with E-state index in [0.29, 0.717) is 12.4 Å². The van der Waals surface area contributed by atoms with Gasteiger partial charge in [-0.1, -0.05) is 54.6 Å². The number of nitrogens with two attached hydrogens (primary N) is 2. The van der Waals surface area contributed by atoms with E-state index in [1.165, 1.54) is 5.56 Å². The molecule has 0 saturated carbocycles. The predicted octanol–water partition coefficient (Wildman–Crippen LogP) is 6.25. The third kappa shape index (κ3) is 6.22. The molecule has 6 nitrogen and oxygen atoms in total. The molecule has 4 aromatic carbocycles. The monoisotopic (exact) mass is 507 g/mol. The molecule has 6 heteroatoms. The summed E-state index contributed by atoms with van der Waals surface area (Å²) in [6, 6.07) is 32.0. The molecule has 5 rings (SSSR count). The van der Waals surface area contributed by atoms with E-state index in [9.17, 15) is 0 Å². The molecule has 0 spiro atoms. The zero-order valence-corrected chi connectivity index (χ0v) is 22.0. The molecule has 5 aromatic rings. The first-order chi connectivity index (χ1) is 18.6. The van der Waals surface area contributed by atoms with Crippen molar-refractivity contribution in [3.05, 3.63) is 114 Å². The first-order valence-corrected chi connectivity index (χ1v) is 12.3. The Morgan fingerprint density at radius 3 is 2.03 bits per heavy atom. The van der Waals surface area contributed by atoms with E-state index in [0.717, 1.165) is 56.8 Å². The summed E-state index contributed by atoms with van der Waals surface area (Å²) in [5.74, 6) is 3.07. The van der Waals surface area contributed by atoms with Crippen molar-refractivity contribution in [3.63, 3.8) is 0 Å². The van der Waals surface area contributed by atoms with Gasteiger partial charge in [0.05, 0.1) is 26.8 Å². The van der Waals surface area contributed by atoms with Crippen molar-refractivity contribution in [1.29, 1.82) is 0 Å². The van der Waals surface area contributed by atoms with E-state index in [2.05, 4.69) is 29.2 Å². The zero-order valence-electron chi connectivity index (χ0n) is 22.0. The number of anilines is 1. The van der Waals surface area contributed by atoms with Crippen molar-refractivity contribution in [2.24, 2.45) is 5.73 Å². The number of rotatable bonds is 7. The van der Waals surface area contributed by atoms with Crippen LogP contribution in [0.2, 0.25) is 0 Å². The van der Waals surface area contributed by atoms with Crippen LogP contribution in [-0.4, -0.2) is 26.3 Å². The van der Waals surface area contributed by atoms with Gasteiger partial charge in [0.1, 0.15) is 23.1 Å². The lowest BCUT2D eigenvalue weighted by Gasteiger charge is -2.12. The Labute approximate surface area is 223 Å². The van der Waals surface area contributed by atoms with Gasteiger partial charge in [-0.05, 0) is 64.7 Å². The van der Waals surface area contributed by atoms with Gasteiger partial charge in [-0.2, -0.15) is 0 Å². The van der Waals surface area contributed by atoms with Crippen molar-refractivity contribution < 1.29 is 14.2 Å². The Morgan fingerprint density at radius 2 is 1.37 bits per heavy atom. The summed E-state index contributed by atoms with van der Waals surface area (Å²) >= 11 is 0. The maximum Gasteiger partial charge on any atom is 0.124 e. The van der Waals surface area contributed by atoms with Crippen LogP contribution < -0.4 is 25.7 Å². The molecular weight excluding hydrogens is 474 g/mol. The Hall–Kier alpha value is -4.55. The van der Waals surface area contributed by atoms with Gasteiger partial charge in [-0.25, -0.2) is 4.98 Å². The van der Waals surface area contributed by atoms with Crippen LogP contribution in [0.4, 0.5) is 5.82 Å². The summed E-state index contributed by atoms with van der Waals surface area (Å²) in [5, 5.41) is 1.06. The first-order valence-electron chi connectivity index (χ1n) is 12.3. The van der Waals surface area contributed by atoms with Crippen molar-refractivity contribution in [1.82, 2.24) is 4.98 Å². The summed E-state index contributed by atoms with van der Waals surface area (Å²) in [6.07, 6.45) is 0.780. The van der Waals surface area contributed by atoms with Gasteiger partial charge in [0.15, 0.2) is 0 Å². The van der Waals surface area contributed by atoms with Gasteiger partial charge in [-0.3, -0.25) is 0 Å². The molecule has 4 N–H and O–H groups in total. The molecule has 1 aromatic heterocycles. The number of fused-ring (bicyclic) bond motifs is 1. The van der Waals surface area contributed by atoms with Crippen LogP contribution in [0.1, 0.15) is 16.7 Å². The number of aromatic nitrogens is 1. The quantitative estimate of drug-likeness (QED) is 0.271. The molecule has 0 saturated heterocycles. The van der Waals surface area contributed by atoms with Crippen LogP contribution in [0.5, 0.6) is 17.2 Å². The average Bonchev–Trinajstić information content (AvgIpc) is 2.97. The van der Waals surface area contributed by atoms with Crippen molar-refractivity contribution >= 4 is 16.7 Å². The fraction of sp³-hybridized carbons (Fsp3) is 0.156. The third-order valence-corrected chi connectivity index (χ3v) is 6.27. The van der Waals surface area contributed by atoms with Crippen LogP contribution >= 0.6 is 0 Å². The maximum atomic E-state index is 6.07. The van der Waals surface area contributed by atoms with E-state index in [1.807, 2.05) is 72.8 Å². The highest BCUT2D eigenvalue weighted by Crippen LogP contribution is 2.33. The van der Waals surface area contributed by atoms with E-state index in [-0.39, 0.29) is 0 Å². The summed E-state index contributed by atoms with van der Waals surface area (Å²) in [7, 11) is 5.02. The SMILES string of the molecule is COc1cccc(-c2cc(N)nc3ccc(Cc4ccccc4OC)cc23)c1.COc1ccccc1CN. The molecule has 0 atom stereocenters. The first kappa shape index (κ1) is 26.5. The Balaban J connectivity index is 0.000000283. The molecule has 0 aliphatic rings. The number of para-hydroxylation sites is 2. The largest absolute Gasteiger partial charge is 0.497 e. The number of benzene rings is 4. The van der Waals surface area contributed by atoms with Gasteiger partial charge < -0.3 is 25.7 Å². The van der Waals surface area contributed by atoms with Crippen molar-refractivity contribution in [2.45, 2.75) is 13.0 Å². The Morgan fingerprint density at radius 1 is 0.684 bits per heavy atom. The van der Waals surface area contributed by atoms with Crippen molar-refractivity contribution in [3.8, 4) is 28.4 Å². The Bertz CT molecular complexity index is 1490. The highest BCUT2D eigenvalue weighted by molar-refractivity contribution is 5.96. The second-order valence-electron chi connectivity index (χ2n) is 8.68. The molecule has 38 heavy (non-hydrogen) atoms. The molecular formula is C32H33N3O3. The van der Waals surface area contributed by atoms with Crippen molar-refractivity contribution in [2.75, 3.05) is 27.1 Å². The summed E-state index contributed by atoms with van der Waals surface area (Å²) in [6.45, 7) is 0.532. The standard InChI is InChI=1S/C24H22N2O2.C8H11NO/c1-27-19-8-5-7-17(14-19)20-15-24(25)26-22-11-10-16(13-21(20)22)12-18-6-3-4-9-23(18)28-2;1-10-8-5-3-2-4-7(8)6-9/h3-11,13-15H,12H2,1-2H3,(H2,25,26);2-5H,6,9H2,1H3. The topological polar surface area (TPSA) is 92.6 Å². The van der Waals surface area contributed by atoms with Gasteiger partial charge in [0.2, 0.25) is 0 Å². The summed E-state index contributed by atoms with van der Waals surface area (Å²) in [4.78, 5) is 4.51. The number of methoxy groups -OCH3 is 3. The molecule has 0 unspecified atom stereocenters. The van der Waals surface area contributed by atoms with Crippen LogP contribution in [0.25, 0.3) is 22.0 Å². The van der Waals surface area contributed by atoms with Crippen LogP contribution in [-0.2, 0) is 13.0 Å². The number of ether oxygens (including phenoxy) is 3. The second kappa shape index (κ2) is 12.6. The molecule has 0 aliphatic heterocycles. The van der Waals surface area contributed by atoms with E-state index < -0.39 is 0 Å². The molecule has 0 aliphatic carbocycles. The number of hydrogen-bond donors (Lipinski definition) is 2. The summed E-state index contributed by atoms with van der Waals surface area (Å²) < 4.78 is 15.9. The molecule has 1 heterocycles. The van der Waals surface area contributed by atoms with Crippen LogP contribution in [0.3, 0.4) is 0 Å². The van der Waals surface area contributed by atoms with Gasteiger partial charge in [0.25, 0.3) is 0 Å². The molecule has 194 valence electrons. The fourth-order valence-electron chi connectivity index (χ4n) is 4.37. The van der Waals surface area contributed by atoms with Crippen LogP contribution in [0, 0.1) is 0 Å². The van der Waals surface area contributed by atoms with E-state index >= 15 is 0 Å². The average molecular weight is 508 g/mol. The molecule has 0 radical (unpaired) electrons. The predicted molar refractivity (Wildman–Crippen MR) is 155 cm³/mol. The highest BCUT2D eigenvalue weighted by atomic mass is 16.5. The normalized spacial score (nSPS) is 10.4. The molecule has 0 bridgehead atoms. The second-order valence-corrected chi connectivity index (χ2v) is 8.68. The van der Waals surface area contributed by atoms with E-state index in [1.54, 1.807) is 21.3 Å². The van der Waals surface area contributed by atoms with Gasteiger partial charge in [-0.15, -0.1) is 0 Å². The lowest BCUT2D eigenvalue weighted by atomic mass is 9.97. The minimum absolute atomic E-state index is 0.503. The van der Waals surface area contributed by atoms with E-state index in [4.69, 9.17) is 25.7 Å². The maximum absolute atomic E-state index is 6.07. The molecule has 0 amide bonds. The lowest BCUT2D eigenvalue weighted by molar-refractivity contribution is 0.410.